The van der Waals surface area contributed by atoms with Crippen molar-refractivity contribution in [1.29, 1.82) is 0 Å². The number of hydrogen-bond acceptors (Lipinski definition) is 4. The summed E-state index contributed by atoms with van der Waals surface area (Å²) in [6.45, 7) is 0. The quantitative estimate of drug-likeness (QED) is 0.760. The molecule has 1 aromatic rings. The molecular formula is C12H17NO3. The van der Waals surface area contributed by atoms with E-state index >= 15 is 0 Å². The summed E-state index contributed by atoms with van der Waals surface area (Å²) < 4.78 is 9.60. The molecule has 0 radical (unpaired) electrons. The first-order valence-corrected chi connectivity index (χ1v) is 5.13. The van der Waals surface area contributed by atoms with Gasteiger partial charge in [-0.25, -0.2) is 0 Å². The number of carbonyl (C=O) groups is 1. The molecule has 16 heavy (non-hydrogen) atoms. The van der Waals surface area contributed by atoms with Crippen LogP contribution < -0.4 is 10.5 Å². The zero-order valence-corrected chi connectivity index (χ0v) is 9.60. The number of benzene rings is 1. The van der Waals surface area contributed by atoms with Crippen LogP contribution in [0.15, 0.2) is 24.3 Å². The lowest BCUT2D eigenvalue weighted by atomic mass is 10.1. The van der Waals surface area contributed by atoms with Gasteiger partial charge in [-0.3, -0.25) is 4.79 Å². The van der Waals surface area contributed by atoms with Gasteiger partial charge in [0.2, 0.25) is 0 Å². The Morgan fingerprint density at radius 2 is 1.94 bits per heavy atom. The molecule has 0 saturated heterocycles. The van der Waals surface area contributed by atoms with Crippen molar-refractivity contribution in [2.75, 3.05) is 14.2 Å². The Balaban J connectivity index is 2.45. The Kier molecular flexibility index (Phi) is 4.79. The second kappa shape index (κ2) is 6.12. The highest BCUT2D eigenvalue weighted by atomic mass is 16.5. The van der Waals surface area contributed by atoms with E-state index in [0.29, 0.717) is 6.42 Å². The van der Waals surface area contributed by atoms with Crippen molar-refractivity contribution in [1.82, 2.24) is 0 Å². The summed E-state index contributed by atoms with van der Waals surface area (Å²) in [5.41, 5.74) is 6.76. The first kappa shape index (κ1) is 12.5. The van der Waals surface area contributed by atoms with Gasteiger partial charge in [-0.15, -0.1) is 0 Å². The minimum Gasteiger partial charge on any atom is -0.497 e. The van der Waals surface area contributed by atoms with E-state index in [4.69, 9.17) is 10.5 Å². The minimum atomic E-state index is -0.549. The van der Waals surface area contributed by atoms with E-state index in [-0.39, 0.29) is 5.97 Å². The van der Waals surface area contributed by atoms with Gasteiger partial charge in [-0.05, 0) is 30.5 Å². The predicted octanol–water partition coefficient (Wildman–Crippen LogP) is 1.13. The lowest BCUT2D eigenvalue weighted by molar-refractivity contribution is -0.142. The van der Waals surface area contributed by atoms with Crippen LogP contribution in [-0.2, 0) is 16.0 Å². The van der Waals surface area contributed by atoms with Gasteiger partial charge in [0.15, 0.2) is 0 Å². The average Bonchev–Trinajstić information content (AvgIpc) is 2.35. The normalized spacial score (nSPS) is 11.9. The topological polar surface area (TPSA) is 61.5 Å². The predicted molar refractivity (Wildman–Crippen MR) is 61.3 cm³/mol. The van der Waals surface area contributed by atoms with Crippen molar-refractivity contribution in [3.63, 3.8) is 0 Å². The highest BCUT2D eigenvalue weighted by Crippen LogP contribution is 2.13. The van der Waals surface area contributed by atoms with E-state index < -0.39 is 6.04 Å². The van der Waals surface area contributed by atoms with Crippen molar-refractivity contribution in [3.8, 4) is 5.75 Å². The molecule has 0 unspecified atom stereocenters. The van der Waals surface area contributed by atoms with E-state index in [1.165, 1.54) is 7.11 Å². The number of nitrogens with two attached hydrogens (primary N) is 1. The van der Waals surface area contributed by atoms with Gasteiger partial charge < -0.3 is 15.2 Å². The molecule has 0 aliphatic carbocycles. The molecule has 0 heterocycles. The SMILES string of the molecule is COC(=O)[C@@H](N)CCc1ccc(OC)cc1. The smallest absolute Gasteiger partial charge is 0.322 e. The van der Waals surface area contributed by atoms with Crippen LogP contribution in [-0.4, -0.2) is 26.2 Å². The Labute approximate surface area is 95.3 Å². The molecule has 4 heteroatoms. The summed E-state index contributed by atoms with van der Waals surface area (Å²) in [5.74, 6) is 0.453. The molecule has 0 aromatic heterocycles. The fourth-order valence-electron chi connectivity index (χ4n) is 1.38. The highest BCUT2D eigenvalue weighted by Gasteiger charge is 2.12. The molecule has 0 bridgehead atoms. The van der Waals surface area contributed by atoms with E-state index in [2.05, 4.69) is 4.74 Å². The molecule has 0 aliphatic rings. The van der Waals surface area contributed by atoms with Crippen LogP contribution >= 0.6 is 0 Å². The molecule has 4 nitrogen and oxygen atoms in total. The number of carbonyl (C=O) groups excluding carboxylic acids is 1. The molecule has 88 valence electrons. The van der Waals surface area contributed by atoms with Crippen LogP contribution in [0, 0.1) is 0 Å². The molecule has 0 amide bonds. The van der Waals surface area contributed by atoms with Crippen molar-refractivity contribution < 1.29 is 14.3 Å². The van der Waals surface area contributed by atoms with Crippen molar-refractivity contribution in [2.24, 2.45) is 5.73 Å². The van der Waals surface area contributed by atoms with Crippen molar-refractivity contribution >= 4 is 5.97 Å². The third-order valence-electron chi connectivity index (χ3n) is 2.41. The fourth-order valence-corrected chi connectivity index (χ4v) is 1.38. The Hall–Kier alpha value is -1.55. The van der Waals surface area contributed by atoms with Crippen molar-refractivity contribution in [2.45, 2.75) is 18.9 Å². The number of methoxy groups -OCH3 is 2. The van der Waals surface area contributed by atoms with E-state index in [9.17, 15) is 4.79 Å². The lowest BCUT2D eigenvalue weighted by Gasteiger charge is -2.09. The summed E-state index contributed by atoms with van der Waals surface area (Å²) in [6.07, 6.45) is 1.33. The molecule has 0 saturated carbocycles. The van der Waals surface area contributed by atoms with E-state index in [1.54, 1.807) is 7.11 Å². The summed E-state index contributed by atoms with van der Waals surface area (Å²) in [4.78, 5) is 11.1. The zero-order valence-electron chi connectivity index (χ0n) is 9.60. The van der Waals surface area contributed by atoms with Gasteiger partial charge >= 0.3 is 5.97 Å². The summed E-state index contributed by atoms with van der Waals surface area (Å²) >= 11 is 0. The summed E-state index contributed by atoms with van der Waals surface area (Å²) in [5, 5.41) is 0. The van der Waals surface area contributed by atoms with Crippen LogP contribution in [0.3, 0.4) is 0 Å². The summed E-state index contributed by atoms with van der Waals surface area (Å²) in [6, 6.07) is 7.15. The number of esters is 1. The fraction of sp³-hybridized carbons (Fsp3) is 0.417. The third-order valence-corrected chi connectivity index (χ3v) is 2.41. The Bertz CT molecular complexity index is 335. The molecule has 1 rings (SSSR count). The third kappa shape index (κ3) is 3.55. The van der Waals surface area contributed by atoms with Crippen LogP contribution in [0.5, 0.6) is 5.75 Å². The van der Waals surface area contributed by atoms with E-state index in [0.717, 1.165) is 17.7 Å². The first-order valence-electron chi connectivity index (χ1n) is 5.13. The zero-order chi connectivity index (χ0) is 12.0. The van der Waals surface area contributed by atoms with Gasteiger partial charge in [-0.1, -0.05) is 12.1 Å². The maximum Gasteiger partial charge on any atom is 0.322 e. The summed E-state index contributed by atoms with van der Waals surface area (Å²) in [7, 11) is 2.97. The average molecular weight is 223 g/mol. The second-order valence-electron chi connectivity index (χ2n) is 3.52. The Morgan fingerprint density at radius 1 is 1.31 bits per heavy atom. The lowest BCUT2D eigenvalue weighted by Crippen LogP contribution is -2.31. The van der Waals surface area contributed by atoms with Gasteiger partial charge in [0.05, 0.1) is 14.2 Å². The number of ether oxygens (including phenoxy) is 2. The van der Waals surface area contributed by atoms with Crippen LogP contribution in [0.2, 0.25) is 0 Å². The monoisotopic (exact) mass is 223 g/mol. The molecule has 1 atom stereocenters. The highest BCUT2D eigenvalue weighted by molar-refractivity contribution is 5.75. The first-order chi connectivity index (χ1) is 7.67. The van der Waals surface area contributed by atoms with Crippen LogP contribution in [0.25, 0.3) is 0 Å². The maximum atomic E-state index is 11.1. The van der Waals surface area contributed by atoms with Crippen LogP contribution in [0.1, 0.15) is 12.0 Å². The minimum absolute atomic E-state index is 0.367. The number of aryl methyl sites for hydroxylation is 1. The number of rotatable bonds is 5. The second-order valence-corrected chi connectivity index (χ2v) is 3.52. The Morgan fingerprint density at radius 3 is 2.44 bits per heavy atom. The standard InChI is InChI=1S/C12H17NO3/c1-15-10-6-3-9(4-7-10)5-8-11(13)12(14)16-2/h3-4,6-7,11H,5,8,13H2,1-2H3/t11-/m0/s1. The molecule has 0 aliphatic heterocycles. The molecule has 1 aromatic carbocycles. The van der Waals surface area contributed by atoms with Gasteiger partial charge in [0.1, 0.15) is 11.8 Å². The van der Waals surface area contributed by atoms with Gasteiger partial charge in [-0.2, -0.15) is 0 Å². The number of hydrogen-bond donors (Lipinski definition) is 1. The van der Waals surface area contributed by atoms with Crippen molar-refractivity contribution in [3.05, 3.63) is 29.8 Å². The van der Waals surface area contributed by atoms with Gasteiger partial charge in [0, 0.05) is 0 Å². The molecule has 0 spiro atoms. The van der Waals surface area contributed by atoms with Crippen LogP contribution in [0.4, 0.5) is 0 Å². The van der Waals surface area contributed by atoms with Gasteiger partial charge in [0.25, 0.3) is 0 Å². The molecule has 0 fully saturated rings. The largest absolute Gasteiger partial charge is 0.497 e. The molecule has 2 N–H and O–H groups in total. The maximum absolute atomic E-state index is 11.1. The molecular weight excluding hydrogens is 206 g/mol. The van der Waals surface area contributed by atoms with E-state index in [1.807, 2.05) is 24.3 Å².